The van der Waals surface area contributed by atoms with Gasteiger partial charge in [0.25, 0.3) is 5.91 Å². The number of carbonyl (C=O) groups excluding carboxylic acids is 1. The molecule has 0 saturated carbocycles. The summed E-state index contributed by atoms with van der Waals surface area (Å²) < 4.78 is 0. The van der Waals surface area contributed by atoms with Crippen LogP contribution in [0.15, 0.2) is 48.5 Å². The summed E-state index contributed by atoms with van der Waals surface area (Å²) in [5.74, 6) is -0.134. The Labute approximate surface area is 134 Å². The number of anilines is 1. The van der Waals surface area contributed by atoms with E-state index >= 15 is 0 Å². The third kappa shape index (κ3) is 3.52. The van der Waals surface area contributed by atoms with Gasteiger partial charge in [-0.15, -0.1) is 0 Å². The normalized spacial score (nSPS) is 10.8. The number of aromatic amines is 1. The Morgan fingerprint density at radius 3 is 2.52 bits per heavy atom. The van der Waals surface area contributed by atoms with E-state index in [1.807, 2.05) is 48.5 Å². The number of hydrogen-bond acceptors (Lipinski definition) is 3. The van der Waals surface area contributed by atoms with Crippen LogP contribution in [0.5, 0.6) is 0 Å². The van der Waals surface area contributed by atoms with Crippen molar-refractivity contribution >= 4 is 22.5 Å². The average molecular weight is 308 g/mol. The highest BCUT2D eigenvalue weighted by Crippen LogP contribution is 2.18. The van der Waals surface area contributed by atoms with Gasteiger partial charge >= 0.3 is 0 Å². The zero-order chi connectivity index (χ0) is 16.2. The number of amides is 1. The third-order valence-corrected chi connectivity index (χ3v) is 3.80. The highest BCUT2D eigenvalue weighted by atomic mass is 16.1. The second-order valence-electron chi connectivity index (χ2n) is 5.57. The smallest absolute Gasteiger partial charge is 0.267 e. The van der Waals surface area contributed by atoms with Crippen molar-refractivity contribution in [3.05, 3.63) is 65.4 Å². The molecule has 1 aromatic heterocycles. The lowest BCUT2D eigenvalue weighted by molar-refractivity contribution is 0.0947. The molecule has 2 aromatic carbocycles. The first kappa shape index (κ1) is 15.1. The van der Waals surface area contributed by atoms with Crippen LogP contribution in [0.4, 0.5) is 5.69 Å². The van der Waals surface area contributed by atoms with Crippen molar-refractivity contribution in [3.63, 3.8) is 0 Å². The molecule has 5 heteroatoms. The molecule has 3 rings (SSSR count). The molecule has 0 saturated heterocycles. The van der Waals surface area contributed by atoms with Gasteiger partial charge in [-0.3, -0.25) is 4.79 Å². The van der Waals surface area contributed by atoms with E-state index in [2.05, 4.69) is 10.3 Å². The van der Waals surface area contributed by atoms with Gasteiger partial charge in [-0.05, 0) is 48.4 Å². The Balaban J connectivity index is 1.65. The summed E-state index contributed by atoms with van der Waals surface area (Å²) in [5, 5.41) is 3.85. The monoisotopic (exact) mass is 308 g/mol. The van der Waals surface area contributed by atoms with Gasteiger partial charge in [-0.1, -0.05) is 24.3 Å². The summed E-state index contributed by atoms with van der Waals surface area (Å²) in [4.78, 5) is 15.4. The molecule has 0 aliphatic rings. The molecule has 0 unspecified atom stereocenters. The molecule has 0 bridgehead atoms. The summed E-state index contributed by atoms with van der Waals surface area (Å²) in [6.07, 6.45) is 0.866. The van der Waals surface area contributed by atoms with Crippen molar-refractivity contribution in [2.45, 2.75) is 13.0 Å². The topological polar surface area (TPSA) is 96.9 Å². The van der Waals surface area contributed by atoms with Gasteiger partial charge in [0.05, 0.1) is 0 Å². The Bertz CT molecular complexity index is 821. The number of hydrogen-bond donors (Lipinski definition) is 4. The molecule has 0 fully saturated rings. The van der Waals surface area contributed by atoms with Gasteiger partial charge in [0, 0.05) is 23.1 Å². The number of nitrogen functional groups attached to an aromatic ring is 1. The molecule has 0 radical (unpaired) electrons. The van der Waals surface area contributed by atoms with Crippen molar-refractivity contribution in [3.8, 4) is 0 Å². The lowest BCUT2D eigenvalue weighted by Crippen LogP contribution is -2.23. The Morgan fingerprint density at radius 1 is 1.04 bits per heavy atom. The molecule has 0 aliphatic carbocycles. The van der Waals surface area contributed by atoms with Gasteiger partial charge < -0.3 is 21.8 Å². The minimum Gasteiger partial charge on any atom is -0.399 e. The van der Waals surface area contributed by atoms with Gasteiger partial charge in [0.2, 0.25) is 0 Å². The van der Waals surface area contributed by atoms with Crippen molar-refractivity contribution in [1.82, 2.24) is 10.3 Å². The van der Waals surface area contributed by atoms with E-state index in [0.29, 0.717) is 24.5 Å². The fraction of sp³-hybridized carbons (Fsp3) is 0.167. The van der Waals surface area contributed by atoms with E-state index in [-0.39, 0.29) is 5.91 Å². The average Bonchev–Trinajstić information content (AvgIpc) is 2.97. The third-order valence-electron chi connectivity index (χ3n) is 3.80. The number of nitrogens with one attached hydrogen (secondary N) is 2. The summed E-state index contributed by atoms with van der Waals surface area (Å²) in [5.41, 5.74) is 15.7. The number of benzene rings is 2. The first-order valence-electron chi connectivity index (χ1n) is 7.60. The van der Waals surface area contributed by atoms with E-state index in [0.717, 1.165) is 22.9 Å². The van der Waals surface area contributed by atoms with Crippen LogP contribution in [-0.4, -0.2) is 17.4 Å². The van der Waals surface area contributed by atoms with Crippen LogP contribution in [0.2, 0.25) is 0 Å². The minimum atomic E-state index is -0.134. The minimum absolute atomic E-state index is 0.134. The van der Waals surface area contributed by atoms with E-state index in [9.17, 15) is 4.79 Å². The van der Waals surface area contributed by atoms with Gasteiger partial charge in [0.15, 0.2) is 0 Å². The molecular formula is C18H20N4O. The predicted octanol–water partition coefficient (Wildman–Crippen LogP) is 2.18. The second-order valence-corrected chi connectivity index (χ2v) is 5.57. The second kappa shape index (κ2) is 6.54. The van der Waals surface area contributed by atoms with Crippen LogP contribution in [0.25, 0.3) is 10.9 Å². The summed E-state index contributed by atoms with van der Waals surface area (Å²) in [6, 6.07) is 15.4. The molecule has 0 spiro atoms. The maximum absolute atomic E-state index is 12.3. The van der Waals surface area contributed by atoms with Crippen molar-refractivity contribution in [2.24, 2.45) is 5.73 Å². The summed E-state index contributed by atoms with van der Waals surface area (Å²) >= 11 is 0. The standard InChI is InChI=1S/C18H20N4O/c19-8-7-12-1-3-13(4-2-12)11-21-18(23)17-10-14-9-15(20)5-6-16(14)22-17/h1-6,9-10,22H,7-8,11,19-20H2,(H,21,23). The van der Waals surface area contributed by atoms with E-state index < -0.39 is 0 Å². The highest BCUT2D eigenvalue weighted by Gasteiger charge is 2.09. The number of nitrogens with two attached hydrogens (primary N) is 2. The molecule has 6 N–H and O–H groups in total. The molecule has 118 valence electrons. The lowest BCUT2D eigenvalue weighted by atomic mass is 10.1. The lowest BCUT2D eigenvalue weighted by Gasteiger charge is -2.05. The molecule has 1 heterocycles. The molecule has 1 amide bonds. The molecule has 5 nitrogen and oxygen atoms in total. The Kier molecular flexibility index (Phi) is 4.30. The van der Waals surface area contributed by atoms with Crippen LogP contribution in [0, 0.1) is 0 Å². The summed E-state index contributed by atoms with van der Waals surface area (Å²) in [7, 11) is 0. The summed E-state index contributed by atoms with van der Waals surface area (Å²) in [6.45, 7) is 1.13. The van der Waals surface area contributed by atoms with Gasteiger partial charge in [-0.25, -0.2) is 0 Å². The quantitative estimate of drug-likeness (QED) is 0.544. The number of aromatic nitrogens is 1. The molecule has 0 aliphatic heterocycles. The van der Waals surface area contributed by atoms with Gasteiger partial charge in [-0.2, -0.15) is 0 Å². The first-order chi connectivity index (χ1) is 11.2. The molecule has 3 aromatic rings. The van der Waals surface area contributed by atoms with Crippen molar-refractivity contribution in [1.29, 1.82) is 0 Å². The van der Waals surface area contributed by atoms with Crippen LogP contribution in [-0.2, 0) is 13.0 Å². The van der Waals surface area contributed by atoms with Crippen LogP contribution >= 0.6 is 0 Å². The fourth-order valence-electron chi connectivity index (χ4n) is 2.54. The maximum atomic E-state index is 12.3. The molecular weight excluding hydrogens is 288 g/mol. The predicted molar refractivity (Wildman–Crippen MR) is 93.1 cm³/mol. The largest absolute Gasteiger partial charge is 0.399 e. The molecule has 0 atom stereocenters. The number of rotatable bonds is 5. The van der Waals surface area contributed by atoms with Crippen LogP contribution in [0.1, 0.15) is 21.6 Å². The Hall–Kier alpha value is -2.79. The zero-order valence-electron chi connectivity index (χ0n) is 12.8. The first-order valence-corrected chi connectivity index (χ1v) is 7.60. The number of fused-ring (bicyclic) bond motifs is 1. The SMILES string of the molecule is NCCc1ccc(CNC(=O)c2cc3cc(N)ccc3[nH]2)cc1. The van der Waals surface area contributed by atoms with Crippen molar-refractivity contribution < 1.29 is 4.79 Å². The highest BCUT2D eigenvalue weighted by molar-refractivity contribution is 5.98. The van der Waals surface area contributed by atoms with E-state index in [1.54, 1.807) is 0 Å². The van der Waals surface area contributed by atoms with E-state index in [4.69, 9.17) is 11.5 Å². The Morgan fingerprint density at radius 2 is 1.78 bits per heavy atom. The van der Waals surface area contributed by atoms with Gasteiger partial charge in [0.1, 0.15) is 5.69 Å². The van der Waals surface area contributed by atoms with Crippen LogP contribution < -0.4 is 16.8 Å². The zero-order valence-corrected chi connectivity index (χ0v) is 12.8. The number of carbonyl (C=O) groups is 1. The number of H-pyrrole nitrogens is 1. The fourth-order valence-corrected chi connectivity index (χ4v) is 2.54. The van der Waals surface area contributed by atoms with Crippen LogP contribution in [0.3, 0.4) is 0 Å². The maximum Gasteiger partial charge on any atom is 0.267 e. The van der Waals surface area contributed by atoms with E-state index in [1.165, 1.54) is 5.56 Å². The molecule has 23 heavy (non-hydrogen) atoms. The van der Waals surface area contributed by atoms with Crippen molar-refractivity contribution in [2.75, 3.05) is 12.3 Å².